The fourth-order valence-electron chi connectivity index (χ4n) is 3.14. The molecule has 0 aromatic heterocycles. The summed E-state index contributed by atoms with van der Waals surface area (Å²) in [6.07, 6.45) is 2.62. The zero-order valence-corrected chi connectivity index (χ0v) is 17.5. The Balaban J connectivity index is 1.81. The third kappa shape index (κ3) is 4.77. The Labute approximate surface area is 175 Å². The van der Waals surface area contributed by atoms with Gasteiger partial charge in [-0.2, -0.15) is 4.31 Å². The van der Waals surface area contributed by atoms with Gasteiger partial charge in [-0.1, -0.05) is 18.0 Å². The number of benzene rings is 2. The molecule has 0 spiro atoms. The monoisotopic (exact) mass is 435 g/mol. The fraction of sp³-hybridized carbons (Fsp3) is 0.300. The average Bonchev–Trinajstić information content (AvgIpc) is 2.74. The van der Waals surface area contributed by atoms with Crippen molar-refractivity contribution in [3.05, 3.63) is 58.6 Å². The molecule has 2 amide bonds. The molecule has 0 atom stereocenters. The van der Waals surface area contributed by atoms with Gasteiger partial charge in [-0.3, -0.25) is 9.59 Å². The maximum Gasteiger partial charge on any atom is 0.255 e. The van der Waals surface area contributed by atoms with Gasteiger partial charge < -0.3 is 10.6 Å². The number of sulfonamides is 1. The second-order valence-electron chi connectivity index (χ2n) is 6.72. The summed E-state index contributed by atoms with van der Waals surface area (Å²) < 4.78 is 27.3. The Morgan fingerprint density at radius 1 is 0.931 bits per heavy atom. The number of amides is 2. The second-order valence-corrected chi connectivity index (χ2v) is 9.03. The first-order valence-corrected chi connectivity index (χ1v) is 11.1. The highest BCUT2D eigenvalue weighted by molar-refractivity contribution is 7.89. The van der Waals surface area contributed by atoms with Crippen LogP contribution in [-0.2, 0) is 10.0 Å². The summed E-state index contributed by atoms with van der Waals surface area (Å²) in [4.78, 5) is 24.1. The number of hydrogen-bond donors (Lipinski definition) is 2. The van der Waals surface area contributed by atoms with Crippen molar-refractivity contribution in [3.8, 4) is 0 Å². The Bertz CT molecular complexity index is 1020. The molecule has 29 heavy (non-hydrogen) atoms. The SMILES string of the molecule is CNC(=O)c1ccc(NC(=O)c2ccc(Cl)c(S(=O)(=O)N3CCCCC3)c2)cc1. The standard InChI is InChI=1S/C20H22ClN3O4S/c1-22-19(25)14-5-8-16(9-6-14)23-20(26)15-7-10-17(21)18(13-15)29(27,28)24-11-3-2-4-12-24/h5-10,13H,2-4,11-12H2,1H3,(H,22,25)(H,23,26). The number of nitrogens with zero attached hydrogens (tertiary/aromatic N) is 1. The lowest BCUT2D eigenvalue weighted by Gasteiger charge is -2.26. The largest absolute Gasteiger partial charge is 0.355 e. The molecule has 1 aliphatic heterocycles. The maximum absolute atomic E-state index is 12.9. The van der Waals surface area contributed by atoms with Crippen LogP contribution < -0.4 is 10.6 Å². The van der Waals surface area contributed by atoms with Crippen LogP contribution in [0.2, 0.25) is 5.02 Å². The first-order chi connectivity index (χ1) is 13.8. The third-order valence-corrected chi connectivity index (χ3v) is 7.14. The first-order valence-electron chi connectivity index (χ1n) is 9.26. The van der Waals surface area contributed by atoms with Crippen molar-refractivity contribution in [2.24, 2.45) is 0 Å². The van der Waals surface area contributed by atoms with E-state index in [2.05, 4.69) is 10.6 Å². The molecule has 2 N–H and O–H groups in total. The summed E-state index contributed by atoms with van der Waals surface area (Å²) in [5.74, 6) is -0.697. The zero-order valence-electron chi connectivity index (χ0n) is 15.9. The number of anilines is 1. The highest BCUT2D eigenvalue weighted by Gasteiger charge is 2.28. The number of nitrogens with one attached hydrogen (secondary N) is 2. The average molecular weight is 436 g/mol. The van der Waals surface area contributed by atoms with E-state index in [1.54, 1.807) is 24.3 Å². The van der Waals surface area contributed by atoms with Gasteiger partial charge in [-0.25, -0.2) is 8.42 Å². The van der Waals surface area contributed by atoms with Crippen LogP contribution in [0.3, 0.4) is 0 Å². The number of halogens is 1. The van der Waals surface area contributed by atoms with Crippen LogP contribution in [0.25, 0.3) is 0 Å². The van der Waals surface area contributed by atoms with Crippen molar-refractivity contribution >= 4 is 39.1 Å². The number of piperidine rings is 1. The quantitative estimate of drug-likeness (QED) is 0.754. The van der Waals surface area contributed by atoms with Crippen LogP contribution in [-0.4, -0.2) is 44.7 Å². The molecule has 154 valence electrons. The van der Waals surface area contributed by atoms with E-state index in [0.29, 0.717) is 24.3 Å². The molecule has 0 saturated carbocycles. The normalized spacial score (nSPS) is 15.0. The molecule has 1 heterocycles. The lowest BCUT2D eigenvalue weighted by atomic mass is 10.1. The van der Waals surface area contributed by atoms with Crippen molar-refractivity contribution in [3.63, 3.8) is 0 Å². The van der Waals surface area contributed by atoms with Crippen LogP contribution >= 0.6 is 11.6 Å². The van der Waals surface area contributed by atoms with Gasteiger partial charge in [0.05, 0.1) is 5.02 Å². The second kappa shape index (κ2) is 8.94. The van der Waals surface area contributed by atoms with E-state index in [1.165, 1.54) is 29.6 Å². The van der Waals surface area contributed by atoms with Gasteiger partial charge >= 0.3 is 0 Å². The molecule has 1 saturated heterocycles. The molecule has 3 rings (SSSR count). The van der Waals surface area contributed by atoms with E-state index in [9.17, 15) is 18.0 Å². The number of carbonyl (C=O) groups excluding carboxylic acids is 2. The van der Waals surface area contributed by atoms with Crippen LogP contribution in [0.4, 0.5) is 5.69 Å². The van der Waals surface area contributed by atoms with E-state index in [1.807, 2.05) is 0 Å². The van der Waals surface area contributed by atoms with Crippen LogP contribution in [0.5, 0.6) is 0 Å². The highest BCUT2D eigenvalue weighted by Crippen LogP contribution is 2.28. The Kier molecular flexibility index (Phi) is 6.56. The highest BCUT2D eigenvalue weighted by atomic mass is 35.5. The Morgan fingerprint density at radius 3 is 2.17 bits per heavy atom. The Morgan fingerprint density at radius 2 is 1.55 bits per heavy atom. The minimum absolute atomic E-state index is 0.0660. The van der Waals surface area contributed by atoms with E-state index in [-0.39, 0.29) is 21.4 Å². The summed E-state index contributed by atoms with van der Waals surface area (Å²) in [6.45, 7) is 0.902. The zero-order chi connectivity index (χ0) is 21.0. The molecule has 2 aromatic rings. The molecule has 0 aliphatic carbocycles. The van der Waals surface area contributed by atoms with Crippen LogP contribution in [0.15, 0.2) is 47.4 Å². The molecule has 0 bridgehead atoms. The minimum atomic E-state index is -3.76. The van der Waals surface area contributed by atoms with Crippen molar-refractivity contribution < 1.29 is 18.0 Å². The van der Waals surface area contributed by atoms with Crippen molar-refractivity contribution in [2.75, 3.05) is 25.5 Å². The maximum atomic E-state index is 12.9. The molecular formula is C20H22ClN3O4S. The fourth-order valence-corrected chi connectivity index (χ4v) is 5.16. The summed E-state index contributed by atoms with van der Waals surface area (Å²) in [5, 5.41) is 5.30. The van der Waals surface area contributed by atoms with E-state index in [0.717, 1.165) is 19.3 Å². The summed E-state index contributed by atoms with van der Waals surface area (Å²) in [7, 11) is -2.23. The minimum Gasteiger partial charge on any atom is -0.355 e. The number of carbonyl (C=O) groups is 2. The summed E-state index contributed by atoms with van der Waals surface area (Å²) in [6, 6.07) is 10.6. The van der Waals surface area contributed by atoms with Gasteiger partial charge in [0.25, 0.3) is 11.8 Å². The molecule has 0 unspecified atom stereocenters. The van der Waals surface area contributed by atoms with Crippen molar-refractivity contribution in [1.82, 2.24) is 9.62 Å². The van der Waals surface area contributed by atoms with E-state index in [4.69, 9.17) is 11.6 Å². The van der Waals surface area contributed by atoms with E-state index >= 15 is 0 Å². The number of rotatable bonds is 5. The van der Waals surface area contributed by atoms with Gasteiger partial charge in [-0.15, -0.1) is 0 Å². The lowest BCUT2D eigenvalue weighted by Crippen LogP contribution is -2.35. The smallest absolute Gasteiger partial charge is 0.255 e. The number of hydrogen-bond acceptors (Lipinski definition) is 4. The third-order valence-electron chi connectivity index (χ3n) is 4.76. The molecule has 7 nitrogen and oxygen atoms in total. The van der Waals surface area contributed by atoms with Gasteiger partial charge in [0.1, 0.15) is 4.90 Å². The molecular weight excluding hydrogens is 414 g/mol. The van der Waals surface area contributed by atoms with Gasteiger partial charge in [0, 0.05) is 37.0 Å². The lowest BCUT2D eigenvalue weighted by molar-refractivity contribution is 0.0962. The molecule has 9 heteroatoms. The van der Waals surface area contributed by atoms with Crippen molar-refractivity contribution in [1.29, 1.82) is 0 Å². The Hall–Kier alpha value is -2.42. The summed E-state index contributed by atoms with van der Waals surface area (Å²) in [5.41, 5.74) is 1.13. The molecule has 1 fully saturated rings. The van der Waals surface area contributed by atoms with Crippen LogP contribution in [0, 0.1) is 0 Å². The van der Waals surface area contributed by atoms with Gasteiger partial charge in [0.2, 0.25) is 10.0 Å². The summed E-state index contributed by atoms with van der Waals surface area (Å²) >= 11 is 6.15. The molecule has 2 aromatic carbocycles. The van der Waals surface area contributed by atoms with Gasteiger partial charge in [0.15, 0.2) is 0 Å². The topological polar surface area (TPSA) is 95.6 Å². The predicted molar refractivity (Wildman–Crippen MR) is 112 cm³/mol. The van der Waals surface area contributed by atoms with Crippen LogP contribution in [0.1, 0.15) is 40.0 Å². The van der Waals surface area contributed by atoms with E-state index < -0.39 is 15.9 Å². The predicted octanol–water partition coefficient (Wildman–Crippen LogP) is 3.13. The molecule has 0 radical (unpaired) electrons. The van der Waals surface area contributed by atoms with Crippen molar-refractivity contribution in [2.45, 2.75) is 24.2 Å². The molecule has 1 aliphatic rings. The van der Waals surface area contributed by atoms with Gasteiger partial charge in [-0.05, 0) is 55.3 Å². The first kappa shape index (κ1) is 21.3.